The Labute approximate surface area is 371 Å². The molecule has 6 heteroatoms. The second-order valence-corrected chi connectivity index (χ2v) is 17.5. The first kappa shape index (κ1) is 38.4. The van der Waals surface area contributed by atoms with Crippen LogP contribution >= 0.6 is 11.3 Å². The summed E-state index contributed by atoms with van der Waals surface area (Å²) in [6.45, 7) is 2.29. The molecule has 1 aliphatic rings. The molecule has 0 radical (unpaired) electrons. The lowest BCUT2D eigenvalue weighted by Crippen LogP contribution is -2.49. The van der Waals surface area contributed by atoms with Crippen molar-refractivity contribution < 1.29 is 0 Å². The third-order valence-corrected chi connectivity index (χ3v) is 13.6. The van der Waals surface area contributed by atoms with E-state index in [-0.39, 0.29) is 12.0 Å². The topological polar surface area (TPSA) is 76.7 Å². The van der Waals surface area contributed by atoms with Crippen LogP contribution < -0.4 is 11.1 Å². The standard InChI is InChI=1S/C57H43N5S/c1-57(47-28-13-11-23-43(47)36-48(62-57)37-17-5-2-6-18-37)52(53(58)39-19-7-3-8-20-39)38-31-33-41(34-32-38)55-59-54(40-21-9-4-10-22-40)60-56(61-55)44-25-15-24-42(35-44)45-27-16-30-50-51(45)46-26-12-14-29-49(46)63-50/h2-36,52-53,62H,58H2,1H3. The van der Waals surface area contributed by atoms with Gasteiger partial charge in [0.05, 0.1) is 5.54 Å². The van der Waals surface area contributed by atoms with E-state index in [2.05, 4.69) is 188 Å². The summed E-state index contributed by atoms with van der Waals surface area (Å²) in [7, 11) is 0. The van der Waals surface area contributed by atoms with Crippen molar-refractivity contribution in [3.8, 4) is 45.3 Å². The van der Waals surface area contributed by atoms with Gasteiger partial charge in [0.15, 0.2) is 17.5 Å². The van der Waals surface area contributed by atoms with E-state index in [1.807, 2.05) is 47.7 Å². The molecule has 0 spiro atoms. The van der Waals surface area contributed by atoms with Gasteiger partial charge in [-0.3, -0.25) is 0 Å². The Morgan fingerprint density at radius 1 is 0.492 bits per heavy atom. The summed E-state index contributed by atoms with van der Waals surface area (Å²) in [6.07, 6.45) is 2.25. The smallest absolute Gasteiger partial charge is 0.164 e. The molecule has 2 aromatic heterocycles. The average Bonchev–Trinajstić information content (AvgIpc) is 3.74. The van der Waals surface area contributed by atoms with Crippen molar-refractivity contribution in [3.63, 3.8) is 0 Å². The molecule has 5 nitrogen and oxygen atoms in total. The molecule has 0 aliphatic carbocycles. The molecule has 3 atom stereocenters. The van der Waals surface area contributed by atoms with Gasteiger partial charge in [-0.15, -0.1) is 11.3 Å². The third kappa shape index (κ3) is 7.09. The monoisotopic (exact) mass is 829 g/mol. The summed E-state index contributed by atoms with van der Waals surface area (Å²) in [5.74, 6) is 1.67. The van der Waals surface area contributed by atoms with Crippen LogP contribution in [0.1, 0.15) is 46.7 Å². The average molecular weight is 830 g/mol. The Morgan fingerprint density at radius 3 is 1.79 bits per heavy atom. The van der Waals surface area contributed by atoms with Crippen LogP contribution in [0.3, 0.4) is 0 Å². The minimum Gasteiger partial charge on any atom is -0.375 e. The van der Waals surface area contributed by atoms with Crippen LogP contribution in [0.2, 0.25) is 0 Å². The van der Waals surface area contributed by atoms with Crippen LogP contribution in [-0.2, 0) is 5.54 Å². The van der Waals surface area contributed by atoms with E-state index < -0.39 is 5.54 Å². The predicted molar refractivity (Wildman–Crippen MR) is 262 cm³/mol. The highest BCUT2D eigenvalue weighted by molar-refractivity contribution is 7.25. The molecular formula is C57H43N5S. The van der Waals surface area contributed by atoms with Gasteiger partial charge < -0.3 is 11.1 Å². The second kappa shape index (κ2) is 16.1. The van der Waals surface area contributed by atoms with Crippen molar-refractivity contribution in [2.45, 2.75) is 24.4 Å². The van der Waals surface area contributed by atoms with Gasteiger partial charge in [0.25, 0.3) is 0 Å². The molecule has 0 bridgehead atoms. The quantitative estimate of drug-likeness (QED) is 0.152. The minimum absolute atomic E-state index is 0.177. The molecule has 0 fully saturated rings. The normalized spacial score (nSPS) is 15.6. The Kier molecular flexibility index (Phi) is 9.80. The highest BCUT2D eigenvalue weighted by Crippen LogP contribution is 2.49. The number of hydrogen-bond donors (Lipinski definition) is 2. The van der Waals surface area contributed by atoms with E-state index in [1.54, 1.807) is 0 Å². The van der Waals surface area contributed by atoms with Crippen LogP contribution in [0.15, 0.2) is 206 Å². The maximum absolute atomic E-state index is 7.46. The maximum atomic E-state index is 7.46. The Morgan fingerprint density at radius 2 is 1.05 bits per heavy atom. The van der Waals surface area contributed by atoms with Crippen molar-refractivity contribution in [2.75, 3.05) is 0 Å². The number of aromatic nitrogens is 3. The summed E-state index contributed by atoms with van der Waals surface area (Å²) >= 11 is 1.83. The molecule has 0 amide bonds. The summed E-state index contributed by atoms with van der Waals surface area (Å²) < 4.78 is 2.56. The van der Waals surface area contributed by atoms with Crippen molar-refractivity contribution in [1.82, 2.24) is 20.3 Å². The molecule has 63 heavy (non-hydrogen) atoms. The number of thiophene rings is 1. The molecular weight excluding hydrogens is 787 g/mol. The van der Waals surface area contributed by atoms with Crippen molar-refractivity contribution in [1.29, 1.82) is 0 Å². The zero-order valence-corrected chi connectivity index (χ0v) is 35.5. The summed E-state index contributed by atoms with van der Waals surface area (Å²) in [6, 6.07) is 72.0. The highest BCUT2D eigenvalue weighted by Gasteiger charge is 2.44. The SMILES string of the molecule is CC1(C(c2ccc(-c3nc(-c4ccccc4)nc(-c4cccc(-c5cccc6sc7ccccc7c56)c4)n3)cc2)C(N)c2ccccc2)NC(c2ccccc2)=Cc2ccccc21. The maximum Gasteiger partial charge on any atom is 0.164 e. The largest absolute Gasteiger partial charge is 0.375 e. The zero-order chi connectivity index (χ0) is 42.3. The third-order valence-electron chi connectivity index (χ3n) is 12.5. The molecule has 302 valence electrons. The fraction of sp³-hybridized carbons (Fsp3) is 0.0702. The first-order chi connectivity index (χ1) is 31.0. The summed E-state index contributed by atoms with van der Waals surface area (Å²) in [4.78, 5) is 15.4. The van der Waals surface area contributed by atoms with E-state index in [4.69, 9.17) is 20.7 Å². The lowest BCUT2D eigenvalue weighted by atomic mass is 9.68. The molecule has 3 unspecified atom stereocenters. The van der Waals surface area contributed by atoms with Crippen molar-refractivity contribution in [3.05, 3.63) is 234 Å². The van der Waals surface area contributed by atoms with E-state index >= 15 is 0 Å². The van der Waals surface area contributed by atoms with Gasteiger partial charge in [-0.25, -0.2) is 15.0 Å². The lowest BCUT2D eigenvalue weighted by molar-refractivity contribution is 0.298. The van der Waals surface area contributed by atoms with Crippen LogP contribution in [0.25, 0.3) is 77.2 Å². The van der Waals surface area contributed by atoms with Gasteiger partial charge in [0, 0.05) is 54.5 Å². The summed E-state index contributed by atoms with van der Waals surface area (Å²) in [5, 5.41) is 6.58. The number of nitrogens with zero attached hydrogens (tertiary/aromatic N) is 3. The molecule has 11 rings (SSSR count). The number of hydrogen-bond acceptors (Lipinski definition) is 6. The number of rotatable bonds is 9. The van der Waals surface area contributed by atoms with Crippen molar-refractivity contribution >= 4 is 43.3 Å². The van der Waals surface area contributed by atoms with Gasteiger partial charge in [-0.05, 0) is 70.1 Å². The van der Waals surface area contributed by atoms with Crippen LogP contribution in [0.5, 0.6) is 0 Å². The Bertz CT molecular complexity index is 3290. The van der Waals surface area contributed by atoms with Crippen LogP contribution in [0, 0.1) is 0 Å². The minimum atomic E-state index is -0.585. The second-order valence-electron chi connectivity index (χ2n) is 16.4. The number of benzene rings is 8. The molecule has 3 heterocycles. The Balaban J connectivity index is 1.02. The number of fused-ring (bicyclic) bond motifs is 4. The molecule has 1 aliphatic heterocycles. The van der Waals surface area contributed by atoms with E-state index in [0.29, 0.717) is 17.5 Å². The number of nitrogens with one attached hydrogen (secondary N) is 1. The fourth-order valence-electron chi connectivity index (χ4n) is 9.45. The van der Waals surface area contributed by atoms with Crippen molar-refractivity contribution in [2.24, 2.45) is 5.73 Å². The van der Waals surface area contributed by atoms with E-state index in [0.717, 1.165) is 44.6 Å². The first-order valence-corrected chi connectivity index (χ1v) is 22.2. The van der Waals surface area contributed by atoms with E-state index in [1.165, 1.54) is 36.9 Å². The van der Waals surface area contributed by atoms with Gasteiger partial charge in [-0.1, -0.05) is 188 Å². The molecule has 3 N–H and O–H groups in total. The van der Waals surface area contributed by atoms with Gasteiger partial charge in [0.2, 0.25) is 0 Å². The van der Waals surface area contributed by atoms with Gasteiger partial charge >= 0.3 is 0 Å². The first-order valence-electron chi connectivity index (χ1n) is 21.4. The molecule has 8 aromatic carbocycles. The number of nitrogens with two attached hydrogens (primary N) is 1. The lowest BCUT2D eigenvalue weighted by Gasteiger charge is -2.46. The fourth-order valence-corrected chi connectivity index (χ4v) is 10.6. The predicted octanol–water partition coefficient (Wildman–Crippen LogP) is 13.7. The molecule has 0 saturated heterocycles. The zero-order valence-electron chi connectivity index (χ0n) is 34.7. The molecule has 0 saturated carbocycles. The van der Waals surface area contributed by atoms with E-state index in [9.17, 15) is 0 Å². The summed E-state index contributed by atoms with van der Waals surface area (Å²) in [5.41, 5.74) is 18.7. The highest BCUT2D eigenvalue weighted by atomic mass is 32.1. The van der Waals surface area contributed by atoms with Gasteiger partial charge in [-0.2, -0.15) is 0 Å². The van der Waals surface area contributed by atoms with Crippen LogP contribution in [0.4, 0.5) is 0 Å². The molecule has 10 aromatic rings. The van der Waals surface area contributed by atoms with Gasteiger partial charge in [0.1, 0.15) is 0 Å². The Hall–Kier alpha value is -7.51. The van der Waals surface area contributed by atoms with Crippen LogP contribution in [-0.4, -0.2) is 15.0 Å².